The maximum Gasteiger partial charge on any atom is 0.259 e. The number of carbonyl (C=O) groups is 1. The van der Waals surface area contributed by atoms with Crippen LogP contribution in [0.5, 0.6) is 11.5 Å². The van der Waals surface area contributed by atoms with Gasteiger partial charge in [0.2, 0.25) is 0 Å². The van der Waals surface area contributed by atoms with E-state index in [1.54, 1.807) is 18.3 Å². The van der Waals surface area contributed by atoms with Crippen LogP contribution in [0.2, 0.25) is 0 Å². The summed E-state index contributed by atoms with van der Waals surface area (Å²) >= 11 is 0. The van der Waals surface area contributed by atoms with Crippen LogP contribution >= 0.6 is 0 Å². The molecule has 0 aliphatic rings. The van der Waals surface area contributed by atoms with E-state index in [0.717, 1.165) is 5.69 Å². The number of nitrogens with zero attached hydrogens (tertiary/aromatic N) is 2. The van der Waals surface area contributed by atoms with E-state index in [1.807, 2.05) is 52.3 Å². The summed E-state index contributed by atoms with van der Waals surface area (Å²) in [6, 6.07) is 5.40. The Morgan fingerprint density at radius 2 is 1.88 bits per heavy atom. The van der Waals surface area contributed by atoms with Crippen molar-refractivity contribution in [2.24, 2.45) is 0 Å². The second-order valence-electron chi connectivity index (χ2n) is 6.70. The number of anilines is 1. The summed E-state index contributed by atoms with van der Waals surface area (Å²) < 4.78 is 13.0. The molecule has 1 N–H and O–H groups in total. The topological polar surface area (TPSA) is 65.4 Å². The van der Waals surface area contributed by atoms with Crippen LogP contribution < -0.4 is 14.8 Å². The zero-order valence-electron chi connectivity index (χ0n) is 15.8. The van der Waals surface area contributed by atoms with E-state index in [4.69, 9.17) is 9.47 Å². The third-order valence-corrected chi connectivity index (χ3v) is 3.70. The van der Waals surface area contributed by atoms with Gasteiger partial charge in [0.05, 0.1) is 36.2 Å². The highest BCUT2D eigenvalue weighted by Crippen LogP contribution is 2.30. The molecule has 0 saturated heterocycles. The van der Waals surface area contributed by atoms with Crippen molar-refractivity contribution in [3.05, 3.63) is 35.7 Å². The smallest absolute Gasteiger partial charge is 0.259 e. The molecule has 0 atom stereocenters. The average Bonchev–Trinajstić information content (AvgIpc) is 2.92. The van der Waals surface area contributed by atoms with Crippen LogP contribution in [0.1, 0.15) is 50.7 Å². The molecule has 0 bridgehead atoms. The number of aromatic nitrogens is 2. The fourth-order valence-electron chi connectivity index (χ4n) is 2.64. The van der Waals surface area contributed by atoms with E-state index in [1.165, 1.54) is 0 Å². The maximum absolute atomic E-state index is 12.7. The molecule has 0 unspecified atom stereocenters. The van der Waals surface area contributed by atoms with Gasteiger partial charge >= 0.3 is 0 Å². The van der Waals surface area contributed by atoms with Crippen LogP contribution in [0.4, 0.5) is 5.69 Å². The standard InChI is InChI=1S/C19H27N3O3/c1-7-24-14-9-10-17(25-8-2)16(11-14)21-18(23)15-12-20-22(13(15)3)19(4,5)6/h9-12H,7-8H2,1-6H3,(H,21,23). The summed E-state index contributed by atoms with van der Waals surface area (Å²) in [4.78, 5) is 12.7. The molecule has 136 valence electrons. The van der Waals surface area contributed by atoms with E-state index < -0.39 is 0 Å². The molecule has 6 nitrogen and oxygen atoms in total. The lowest BCUT2D eigenvalue weighted by Gasteiger charge is -2.21. The highest BCUT2D eigenvalue weighted by atomic mass is 16.5. The number of carbonyl (C=O) groups excluding carboxylic acids is 1. The van der Waals surface area contributed by atoms with Crippen molar-refractivity contribution in [3.8, 4) is 11.5 Å². The van der Waals surface area contributed by atoms with E-state index in [2.05, 4.69) is 10.4 Å². The zero-order valence-corrected chi connectivity index (χ0v) is 15.8. The Balaban J connectivity index is 2.31. The highest BCUT2D eigenvalue weighted by molar-refractivity contribution is 6.05. The zero-order chi connectivity index (χ0) is 18.6. The highest BCUT2D eigenvalue weighted by Gasteiger charge is 2.22. The minimum Gasteiger partial charge on any atom is -0.494 e. The second kappa shape index (κ2) is 7.59. The summed E-state index contributed by atoms with van der Waals surface area (Å²) in [6.07, 6.45) is 1.60. The first-order valence-corrected chi connectivity index (χ1v) is 8.54. The molecule has 0 spiro atoms. The predicted molar refractivity (Wildman–Crippen MR) is 98.7 cm³/mol. The number of hydrogen-bond acceptors (Lipinski definition) is 4. The number of nitrogens with one attached hydrogen (secondary N) is 1. The predicted octanol–water partition coefficient (Wildman–Crippen LogP) is 4.00. The van der Waals surface area contributed by atoms with Gasteiger partial charge in [-0.15, -0.1) is 0 Å². The SMILES string of the molecule is CCOc1ccc(OCC)c(NC(=O)c2cnn(C(C)(C)C)c2C)c1. The normalized spacial score (nSPS) is 11.3. The van der Waals surface area contributed by atoms with Gasteiger partial charge in [-0.2, -0.15) is 5.10 Å². The van der Waals surface area contributed by atoms with Gasteiger partial charge in [0, 0.05) is 11.8 Å². The Morgan fingerprint density at radius 1 is 1.20 bits per heavy atom. The Kier molecular flexibility index (Phi) is 5.72. The fourth-order valence-corrected chi connectivity index (χ4v) is 2.64. The van der Waals surface area contributed by atoms with Crippen molar-refractivity contribution in [2.45, 2.75) is 47.1 Å². The van der Waals surface area contributed by atoms with E-state index in [9.17, 15) is 4.79 Å². The second-order valence-corrected chi connectivity index (χ2v) is 6.70. The van der Waals surface area contributed by atoms with Gasteiger partial charge in [0.25, 0.3) is 5.91 Å². The van der Waals surface area contributed by atoms with Crippen molar-refractivity contribution in [1.29, 1.82) is 0 Å². The fraction of sp³-hybridized carbons (Fsp3) is 0.474. The van der Waals surface area contributed by atoms with Crippen LogP contribution in [0, 0.1) is 6.92 Å². The third kappa shape index (κ3) is 4.32. The molecule has 2 aromatic rings. The molecule has 1 heterocycles. The van der Waals surface area contributed by atoms with Gasteiger partial charge in [0.15, 0.2) is 0 Å². The number of benzene rings is 1. The molecule has 0 fully saturated rings. The van der Waals surface area contributed by atoms with Gasteiger partial charge in [-0.25, -0.2) is 0 Å². The monoisotopic (exact) mass is 345 g/mol. The van der Waals surface area contributed by atoms with Gasteiger partial charge in [-0.3, -0.25) is 9.48 Å². The van der Waals surface area contributed by atoms with Gasteiger partial charge in [-0.05, 0) is 53.7 Å². The van der Waals surface area contributed by atoms with Gasteiger partial charge in [0.1, 0.15) is 11.5 Å². The number of rotatable bonds is 6. The first-order valence-electron chi connectivity index (χ1n) is 8.54. The van der Waals surface area contributed by atoms with Crippen molar-refractivity contribution in [1.82, 2.24) is 9.78 Å². The first-order chi connectivity index (χ1) is 11.8. The number of ether oxygens (including phenoxy) is 2. The van der Waals surface area contributed by atoms with Crippen molar-refractivity contribution >= 4 is 11.6 Å². The molecule has 0 radical (unpaired) electrons. The summed E-state index contributed by atoms with van der Waals surface area (Å²) in [5.41, 5.74) is 1.76. The van der Waals surface area contributed by atoms with Crippen LogP contribution in [-0.2, 0) is 5.54 Å². The van der Waals surface area contributed by atoms with Crippen LogP contribution in [0.25, 0.3) is 0 Å². The van der Waals surface area contributed by atoms with Crippen LogP contribution in [0.15, 0.2) is 24.4 Å². The lowest BCUT2D eigenvalue weighted by molar-refractivity contribution is 0.102. The minimum absolute atomic E-state index is 0.187. The van der Waals surface area contributed by atoms with Crippen LogP contribution in [0.3, 0.4) is 0 Å². The Morgan fingerprint density at radius 3 is 2.44 bits per heavy atom. The molecule has 1 aromatic carbocycles. The molecular formula is C19H27N3O3. The molecule has 1 aromatic heterocycles. The van der Waals surface area contributed by atoms with E-state index in [-0.39, 0.29) is 11.4 Å². The van der Waals surface area contributed by atoms with E-state index >= 15 is 0 Å². The summed E-state index contributed by atoms with van der Waals surface area (Å²) in [6.45, 7) is 12.9. The van der Waals surface area contributed by atoms with Gasteiger partial charge in [-0.1, -0.05) is 0 Å². The van der Waals surface area contributed by atoms with E-state index in [0.29, 0.717) is 36.0 Å². The molecule has 0 saturated carbocycles. The van der Waals surface area contributed by atoms with Crippen LogP contribution in [-0.4, -0.2) is 28.9 Å². The molecule has 25 heavy (non-hydrogen) atoms. The first kappa shape index (κ1) is 18.8. The molecule has 0 aliphatic heterocycles. The maximum atomic E-state index is 12.7. The van der Waals surface area contributed by atoms with Crippen molar-refractivity contribution in [3.63, 3.8) is 0 Å². The summed E-state index contributed by atoms with van der Waals surface area (Å²) in [5.74, 6) is 1.08. The molecule has 0 aliphatic carbocycles. The minimum atomic E-state index is -0.220. The Labute approximate surface area is 149 Å². The molecular weight excluding hydrogens is 318 g/mol. The number of amides is 1. The lowest BCUT2D eigenvalue weighted by atomic mass is 10.1. The average molecular weight is 345 g/mol. The van der Waals surface area contributed by atoms with Crippen molar-refractivity contribution in [2.75, 3.05) is 18.5 Å². The molecule has 1 amide bonds. The summed E-state index contributed by atoms with van der Waals surface area (Å²) in [7, 11) is 0. The lowest BCUT2D eigenvalue weighted by Crippen LogP contribution is -2.25. The number of hydrogen-bond donors (Lipinski definition) is 1. The van der Waals surface area contributed by atoms with Gasteiger partial charge < -0.3 is 14.8 Å². The van der Waals surface area contributed by atoms with Crippen molar-refractivity contribution < 1.29 is 14.3 Å². The molecule has 6 heteroatoms. The Hall–Kier alpha value is -2.50. The quantitative estimate of drug-likeness (QED) is 0.859. The molecule has 2 rings (SSSR count). The Bertz CT molecular complexity index is 745. The largest absolute Gasteiger partial charge is 0.494 e. The third-order valence-electron chi connectivity index (χ3n) is 3.70. The summed E-state index contributed by atoms with van der Waals surface area (Å²) in [5, 5.41) is 7.27.